The van der Waals surface area contributed by atoms with Crippen molar-refractivity contribution in [2.75, 3.05) is 0 Å². The molecule has 3 heterocycles. The molecule has 3 nitrogen and oxygen atoms in total. The number of benzene rings is 5. The summed E-state index contributed by atoms with van der Waals surface area (Å²) < 4.78 is 65.9. The van der Waals surface area contributed by atoms with Gasteiger partial charge in [0.1, 0.15) is 11.5 Å². The molecule has 8 aromatic rings. The zero-order valence-corrected chi connectivity index (χ0v) is 20.5. The lowest BCUT2D eigenvalue weighted by molar-refractivity contribution is 0.598. The number of nitrogens with zero attached hydrogens (tertiary/aromatic N) is 2. The Labute approximate surface area is 234 Å². The second-order valence-electron chi connectivity index (χ2n) is 9.28. The number of fused-ring (bicyclic) bond motifs is 5. The van der Waals surface area contributed by atoms with Gasteiger partial charge in [-0.3, -0.25) is 4.98 Å². The first-order valence-electron chi connectivity index (χ1n) is 16.0. The Hall–Kier alpha value is -5.28. The van der Waals surface area contributed by atoms with Crippen molar-refractivity contribution < 1.29 is 14.0 Å². The summed E-state index contributed by atoms with van der Waals surface area (Å²) in [6.07, 6.45) is -0.461. The van der Waals surface area contributed by atoms with Gasteiger partial charge in [-0.05, 0) is 51.8 Å². The van der Waals surface area contributed by atoms with Crippen LogP contribution in [0.25, 0.3) is 77.3 Å². The summed E-state index contributed by atoms with van der Waals surface area (Å²) in [5, 5.41) is 3.69. The highest BCUT2D eigenvalue weighted by molar-refractivity contribution is 6.07. The fraction of sp³-hybridized carbons (Fsp3) is 0. The van der Waals surface area contributed by atoms with E-state index >= 15 is 0 Å². The van der Waals surface area contributed by atoms with Gasteiger partial charge in [-0.1, -0.05) is 97.0 Å². The monoisotopic (exact) mass is 505 g/mol. The maximum Gasteiger partial charge on any atom is 0.135 e. The van der Waals surface area contributed by atoms with Crippen molar-refractivity contribution >= 4 is 43.4 Å². The number of hydrogen-bond donors (Lipinski definition) is 0. The smallest absolute Gasteiger partial charge is 0.135 e. The van der Waals surface area contributed by atoms with Crippen LogP contribution in [0.4, 0.5) is 0 Å². The van der Waals surface area contributed by atoms with Gasteiger partial charge in [0.15, 0.2) is 0 Å². The van der Waals surface area contributed by atoms with Crippen LogP contribution in [-0.4, -0.2) is 9.97 Å². The largest absolute Gasteiger partial charge is 0.456 e. The molecule has 0 fully saturated rings. The Morgan fingerprint density at radius 1 is 0.513 bits per heavy atom. The second kappa shape index (κ2) is 8.64. The highest BCUT2D eigenvalue weighted by Gasteiger charge is 2.15. The minimum absolute atomic E-state index is 0.00535. The molecule has 182 valence electrons. The maximum atomic E-state index is 8.93. The van der Waals surface area contributed by atoms with Crippen LogP contribution in [0.1, 0.15) is 9.60 Å². The standard InChI is InChI=1S/C36H22N2O/c1-2-10-26-23(7-1)8-5-13-30(26)33-20-21-34(39-33)31-18-17-29(27-11-3-4-12-28(27)31)32-19-16-25-15-14-24-9-6-22-37-35(24)36(25)38-32/h1-22H/i6D,9D,14D,15D,16D,19D,22D. The van der Waals surface area contributed by atoms with E-state index < -0.39 is 18.3 Å². The SMILES string of the molecule is [2H]c1nc2c(c([2H])c1[2H])c([2H])c([2H])c1c([2H])c([2H])c(-c3ccc(-c4ccc(-c5cccc6ccccc56)o4)c4ccccc34)nc12. The summed E-state index contributed by atoms with van der Waals surface area (Å²) in [5.74, 6) is 1.40. The molecule has 0 bridgehead atoms. The average molecular weight is 506 g/mol. The van der Waals surface area contributed by atoms with E-state index in [1.54, 1.807) is 0 Å². The lowest BCUT2D eigenvalue weighted by Gasteiger charge is -2.11. The Morgan fingerprint density at radius 2 is 1.15 bits per heavy atom. The number of furan rings is 1. The predicted molar refractivity (Wildman–Crippen MR) is 161 cm³/mol. The first-order chi connectivity index (χ1) is 22.2. The van der Waals surface area contributed by atoms with Gasteiger partial charge in [0.05, 0.1) is 26.3 Å². The highest BCUT2D eigenvalue weighted by atomic mass is 16.3. The van der Waals surface area contributed by atoms with Gasteiger partial charge in [-0.2, -0.15) is 0 Å². The van der Waals surface area contributed by atoms with Crippen LogP contribution in [0.2, 0.25) is 0 Å². The normalized spacial score (nSPS) is 14.1. The first kappa shape index (κ1) is 15.9. The van der Waals surface area contributed by atoms with E-state index in [4.69, 9.17) is 19.0 Å². The summed E-state index contributed by atoms with van der Waals surface area (Å²) in [6, 6.07) is 27.4. The molecule has 0 unspecified atom stereocenters. The molecule has 0 radical (unpaired) electrons. The summed E-state index contributed by atoms with van der Waals surface area (Å²) in [7, 11) is 0. The second-order valence-corrected chi connectivity index (χ2v) is 9.28. The summed E-state index contributed by atoms with van der Waals surface area (Å²) in [4.78, 5) is 8.92. The molecule has 0 aliphatic rings. The van der Waals surface area contributed by atoms with Crippen LogP contribution in [-0.2, 0) is 0 Å². The van der Waals surface area contributed by atoms with E-state index in [9.17, 15) is 0 Å². The van der Waals surface area contributed by atoms with E-state index in [-0.39, 0.29) is 51.7 Å². The van der Waals surface area contributed by atoms with Crippen LogP contribution in [0.5, 0.6) is 0 Å². The third-order valence-corrected chi connectivity index (χ3v) is 7.06. The Balaban J connectivity index is 1.35. The molecule has 0 atom stereocenters. The molecule has 0 saturated heterocycles. The zero-order valence-electron chi connectivity index (χ0n) is 27.5. The third-order valence-electron chi connectivity index (χ3n) is 7.06. The Morgan fingerprint density at radius 3 is 2.00 bits per heavy atom. The summed E-state index contributed by atoms with van der Waals surface area (Å²) >= 11 is 0. The molecule has 0 saturated carbocycles. The summed E-state index contributed by atoms with van der Waals surface area (Å²) in [6.45, 7) is 0. The van der Waals surface area contributed by atoms with Gasteiger partial charge < -0.3 is 4.42 Å². The van der Waals surface area contributed by atoms with Crippen molar-refractivity contribution in [1.29, 1.82) is 0 Å². The van der Waals surface area contributed by atoms with Crippen molar-refractivity contribution in [2.24, 2.45) is 0 Å². The molecule has 3 heteroatoms. The Bertz CT molecular complexity index is 2570. The molecule has 0 N–H and O–H groups in total. The lowest BCUT2D eigenvalue weighted by atomic mass is 9.96. The van der Waals surface area contributed by atoms with Gasteiger partial charge in [0, 0.05) is 33.6 Å². The number of aromatic nitrogens is 2. The van der Waals surface area contributed by atoms with Gasteiger partial charge in [-0.25, -0.2) is 4.98 Å². The molecule has 0 amide bonds. The van der Waals surface area contributed by atoms with E-state index in [1.165, 1.54) is 0 Å². The molecular weight excluding hydrogens is 476 g/mol. The Kier molecular flexibility index (Phi) is 3.51. The quantitative estimate of drug-likeness (QED) is 0.224. The van der Waals surface area contributed by atoms with Gasteiger partial charge in [0.2, 0.25) is 0 Å². The topological polar surface area (TPSA) is 38.9 Å². The maximum absolute atomic E-state index is 8.93. The van der Waals surface area contributed by atoms with Crippen LogP contribution in [0, 0.1) is 0 Å². The van der Waals surface area contributed by atoms with Gasteiger partial charge >= 0.3 is 0 Å². The first-order valence-corrected chi connectivity index (χ1v) is 12.5. The predicted octanol–water partition coefficient (Wildman–Crippen LogP) is 9.68. The minimum atomic E-state index is -0.461. The fourth-order valence-corrected chi connectivity index (χ4v) is 5.23. The number of pyridine rings is 2. The average Bonchev–Trinajstić information content (AvgIpc) is 3.56. The fourth-order valence-electron chi connectivity index (χ4n) is 5.23. The third kappa shape index (κ3) is 3.52. The molecule has 0 spiro atoms. The molecule has 0 aliphatic carbocycles. The van der Waals surface area contributed by atoms with Gasteiger partial charge in [-0.15, -0.1) is 0 Å². The van der Waals surface area contributed by atoms with Gasteiger partial charge in [0.25, 0.3) is 0 Å². The van der Waals surface area contributed by atoms with Crippen molar-refractivity contribution in [3.8, 4) is 33.9 Å². The molecule has 8 rings (SSSR count). The van der Waals surface area contributed by atoms with Crippen molar-refractivity contribution in [1.82, 2.24) is 9.97 Å². The molecule has 3 aromatic heterocycles. The minimum Gasteiger partial charge on any atom is -0.456 e. The van der Waals surface area contributed by atoms with E-state index in [0.29, 0.717) is 11.3 Å². The van der Waals surface area contributed by atoms with Crippen molar-refractivity contribution in [3.63, 3.8) is 0 Å². The molecule has 39 heavy (non-hydrogen) atoms. The molecule has 5 aromatic carbocycles. The lowest BCUT2D eigenvalue weighted by Crippen LogP contribution is -1.90. The van der Waals surface area contributed by atoms with E-state index in [1.807, 2.05) is 72.8 Å². The van der Waals surface area contributed by atoms with Crippen LogP contribution in [0.15, 0.2) is 138 Å². The number of hydrogen-bond acceptors (Lipinski definition) is 3. The molecule has 0 aliphatic heterocycles. The van der Waals surface area contributed by atoms with Crippen molar-refractivity contribution in [3.05, 3.63) is 133 Å². The van der Waals surface area contributed by atoms with Crippen LogP contribution >= 0.6 is 0 Å². The van der Waals surface area contributed by atoms with Crippen LogP contribution < -0.4 is 0 Å². The van der Waals surface area contributed by atoms with E-state index in [0.717, 1.165) is 38.4 Å². The zero-order chi connectivity index (χ0) is 31.9. The summed E-state index contributed by atoms with van der Waals surface area (Å²) in [5.41, 5.74) is 2.61. The van der Waals surface area contributed by atoms with Crippen molar-refractivity contribution in [2.45, 2.75) is 0 Å². The van der Waals surface area contributed by atoms with E-state index in [2.05, 4.69) is 23.2 Å². The van der Waals surface area contributed by atoms with Crippen LogP contribution in [0.3, 0.4) is 0 Å². The molecular formula is C36H22N2O. The highest BCUT2D eigenvalue weighted by Crippen LogP contribution is 2.39. The number of rotatable bonds is 3.